The molecule has 0 amide bonds. The Morgan fingerprint density at radius 1 is 1.29 bits per heavy atom. The third kappa shape index (κ3) is 1.58. The molecule has 1 aliphatic rings. The van der Waals surface area contributed by atoms with Crippen molar-refractivity contribution in [2.24, 2.45) is 0 Å². The van der Waals surface area contributed by atoms with Gasteiger partial charge in [-0.3, -0.25) is 0 Å². The summed E-state index contributed by atoms with van der Waals surface area (Å²) in [4.78, 5) is 0. The maximum absolute atomic E-state index is 9.21. The van der Waals surface area contributed by atoms with Crippen LogP contribution in [0.3, 0.4) is 0 Å². The van der Waals surface area contributed by atoms with Gasteiger partial charge in [0.15, 0.2) is 0 Å². The van der Waals surface area contributed by atoms with E-state index in [0.29, 0.717) is 0 Å². The van der Waals surface area contributed by atoms with Gasteiger partial charge in [0.25, 0.3) is 0 Å². The summed E-state index contributed by atoms with van der Waals surface area (Å²) in [6.07, 6.45) is 3.67. The third-order valence-corrected chi connectivity index (χ3v) is 3.95. The van der Waals surface area contributed by atoms with Crippen molar-refractivity contribution in [1.82, 2.24) is 9.78 Å². The van der Waals surface area contributed by atoms with Gasteiger partial charge in [0.1, 0.15) is 4.60 Å². The zero-order chi connectivity index (χ0) is 11.9. The molecule has 0 aliphatic heterocycles. The maximum Gasteiger partial charge on any atom is 0.114 e. The predicted molar refractivity (Wildman–Crippen MR) is 67.8 cm³/mol. The molecule has 0 saturated heterocycles. The lowest BCUT2D eigenvalue weighted by atomic mass is 10.0. The Kier molecular flexibility index (Phi) is 2.30. The minimum absolute atomic E-state index is 0.300. The average molecular weight is 288 g/mol. The van der Waals surface area contributed by atoms with Crippen molar-refractivity contribution in [2.45, 2.75) is 18.3 Å². The molecule has 2 aromatic rings. The molecule has 1 aromatic carbocycles. The highest BCUT2D eigenvalue weighted by molar-refractivity contribution is 9.10. The number of benzene rings is 1. The Hall–Kier alpha value is -1.60. The summed E-state index contributed by atoms with van der Waals surface area (Å²) in [6, 6.07) is 12.3. The molecule has 1 aromatic heterocycles. The van der Waals surface area contributed by atoms with Crippen LogP contribution in [0, 0.1) is 11.3 Å². The van der Waals surface area contributed by atoms with Crippen LogP contribution in [-0.2, 0) is 5.41 Å². The van der Waals surface area contributed by atoms with Crippen LogP contribution in [-0.4, -0.2) is 9.78 Å². The van der Waals surface area contributed by atoms with E-state index in [-0.39, 0.29) is 5.41 Å². The van der Waals surface area contributed by atoms with E-state index < -0.39 is 0 Å². The second kappa shape index (κ2) is 3.71. The first-order chi connectivity index (χ1) is 8.27. The second-order valence-corrected chi connectivity index (χ2v) is 5.04. The number of halogens is 1. The third-order valence-electron chi connectivity index (χ3n) is 3.19. The summed E-state index contributed by atoms with van der Waals surface area (Å²) in [6.45, 7) is 0. The van der Waals surface area contributed by atoms with Gasteiger partial charge in [0.05, 0.1) is 23.4 Å². The van der Waals surface area contributed by atoms with Crippen LogP contribution in [0.4, 0.5) is 0 Å². The van der Waals surface area contributed by atoms with Crippen LogP contribution in [0.25, 0.3) is 5.69 Å². The molecule has 0 radical (unpaired) electrons. The minimum atomic E-state index is -0.300. The number of nitriles is 1. The van der Waals surface area contributed by atoms with Crippen molar-refractivity contribution in [3.8, 4) is 11.8 Å². The Morgan fingerprint density at radius 3 is 2.59 bits per heavy atom. The van der Waals surface area contributed by atoms with E-state index in [9.17, 15) is 5.26 Å². The van der Waals surface area contributed by atoms with Gasteiger partial charge in [0, 0.05) is 5.56 Å². The summed E-state index contributed by atoms with van der Waals surface area (Å²) >= 11 is 3.55. The highest BCUT2D eigenvalue weighted by Crippen LogP contribution is 2.50. The molecule has 3 nitrogen and oxygen atoms in total. The molecule has 1 aliphatic carbocycles. The van der Waals surface area contributed by atoms with Crippen molar-refractivity contribution in [1.29, 1.82) is 5.26 Å². The molecule has 0 bridgehead atoms. The highest BCUT2D eigenvalue weighted by Gasteiger charge is 2.47. The first kappa shape index (κ1) is 10.5. The smallest absolute Gasteiger partial charge is 0.114 e. The predicted octanol–water partition coefficient (Wildman–Crippen LogP) is 3.19. The van der Waals surface area contributed by atoms with Crippen LogP contribution in [0.5, 0.6) is 0 Å². The SMILES string of the molecule is N#CC1(c2cnn(-c3ccccc3)c2Br)CC1. The molecule has 0 atom stereocenters. The highest BCUT2D eigenvalue weighted by atomic mass is 79.9. The largest absolute Gasteiger partial charge is 0.226 e. The Morgan fingerprint density at radius 2 is 2.00 bits per heavy atom. The van der Waals surface area contributed by atoms with Gasteiger partial charge in [-0.2, -0.15) is 10.4 Å². The molecule has 1 heterocycles. The second-order valence-electron chi connectivity index (χ2n) is 4.29. The van der Waals surface area contributed by atoms with E-state index in [1.54, 1.807) is 6.20 Å². The van der Waals surface area contributed by atoms with Crippen molar-refractivity contribution in [3.63, 3.8) is 0 Å². The molecule has 84 valence electrons. The van der Waals surface area contributed by atoms with Crippen LogP contribution >= 0.6 is 15.9 Å². The van der Waals surface area contributed by atoms with Gasteiger partial charge in [-0.15, -0.1) is 0 Å². The number of nitrogens with zero attached hydrogens (tertiary/aromatic N) is 3. The lowest BCUT2D eigenvalue weighted by Crippen LogP contribution is -2.03. The molecule has 0 unspecified atom stereocenters. The number of aromatic nitrogens is 2. The fraction of sp³-hybridized carbons (Fsp3) is 0.231. The van der Waals surface area contributed by atoms with Gasteiger partial charge >= 0.3 is 0 Å². The van der Waals surface area contributed by atoms with Crippen molar-refractivity contribution < 1.29 is 0 Å². The zero-order valence-corrected chi connectivity index (χ0v) is 10.7. The van der Waals surface area contributed by atoms with Crippen molar-refractivity contribution >= 4 is 15.9 Å². The van der Waals surface area contributed by atoms with Crippen LogP contribution in [0.1, 0.15) is 18.4 Å². The molecule has 3 rings (SSSR count). The number of hydrogen-bond donors (Lipinski definition) is 0. The standard InChI is InChI=1S/C13H10BrN3/c14-12-11(13(9-15)6-7-13)8-16-17(12)10-4-2-1-3-5-10/h1-5,8H,6-7H2. The Bertz CT molecular complexity index is 591. The summed E-state index contributed by atoms with van der Waals surface area (Å²) in [7, 11) is 0. The van der Waals surface area contributed by atoms with Gasteiger partial charge in [0.2, 0.25) is 0 Å². The van der Waals surface area contributed by atoms with E-state index in [1.165, 1.54) is 0 Å². The molecule has 0 spiro atoms. The minimum Gasteiger partial charge on any atom is -0.226 e. The van der Waals surface area contributed by atoms with Gasteiger partial charge in [-0.1, -0.05) is 18.2 Å². The van der Waals surface area contributed by atoms with E-state index >= 15 is 0 Å². The fourth-order valence-corrected chi connectivity index (χ4v) is 2.75. The lowest BCUT2D eigenvalue weighted by Gasteiger charge is -2.05. The first-order valence-corrected chi connectivity index (χ1v) is 6.27. The van der Waals surface area contributed by atoms with Crippen molar-refractivity contribution in [2.75, 3.05) is 0 Å². The summed E-state index contributed by atoms with van der Waals surface area (Å²) in [5, 5.41) is 13.6. The Balaban J connectivity index is 2.08. The van der Waals surface area contributed by atoms with Crippen molar-refractivity contribution in [3.05, 3.63) is 46.7 Å². The number of para-hydroxylation sites is 1. The zero-order valence-electron chi connectivity index (χ0n) is 9.10. The number of hydrogen-bond acceptors (Lipinski definition) is 2. The molecule has 1 saturated carbocycles. The molecule has 0 N–H and O–H groups in total. The monoisotopic (exact) mass is 287 g/mol. The van der Waals surface area contributed by atoms with Gasteiger partial charge < -0.3 is 0 Å². The summed E-state index contributed by atoms with van der Waals surface area (Å²) < 4.78 is 2.72. The Labute approximate surface area is 108 Å². The summed E-state index contributed by atoms with van der Waals surface area (Å²) in [5.74, 6) is 0. The topological polar surface area (TPSA) is 41.6 Å². The normalized spacial score (nSPS) is 16.5. The number of rotatable bonds is 2. The van der Waals surface area contributed by atoms with Crippen LogP contribution in [0.2, 0.25) is 0 Å². The average Bonchev–Trinajstić information content (AvgIpc) is 3.08. The van der Waals surface area contributed by atoms with Crippen LogP contribution in [0.15, 0.2) is 41.1 Å². The van der Waals surface area contributed by atoms with E-state index in [4.69, 9.17) is 0 Å². The molecule has 1 fully saturated rings. The first-order valence-electron chi connectivity index (χ1n) is 5.47. The van der Waals surface area contributed by atoms with Crippen LogP contribution < -0.4 is 0 Å². The maximum atomic E-state index is 9.21. The molecule has 17 heavy (non-hydrogen) atoms. The van der Waals surface area contributed by atoms with E-state index in [2.05, 4.69) is 27.1 Å². The van der Waals surface area contributed by atoms with Gasteiger partial charge in [-0.25, -0.2) is 4.68 Å². The fourth-order valence-electron chi connectivity index (χ4n) is 1.97. The molecular formula is C13H10BrN3. The van der Waals surface area contributed by atoms with E-state index in [1.807, 2.05) is 35.0 Å². The quantitative estimate of drug-likeness (QED) is 0.851. The van der Waals surface area contributed by atoms with Gasteiger partial charge in [-0.05, 0) is 40.9 Å². The summed E-state index contributed by atoms with van der Waals surface area (Å²) in [5.41, 5.74) is 1.70. The molecular weight excluding hydrogens is 278 g/mol. The molecule has 4 heteroatoms. The van der Waals surface area contributed by atoms with E-state index in [0.717, 1.165) is 28.7 Å². The lowest BCUT2D eigenvalue weighted by molar-refractivity contribution is 0.849.